The summed E-state index contributed by atoms with van der Waals surface area (Å²) in [6, 6.07) is 10.1. The Balaban J connectivity index is 2.06. The van der Waals surface area contributed by atoms with E-state index in [9.17, 15) is 9.59 Å². The molecule has 0 aromatic heterocycles. The summed E-state index contributed by atoms with van der Waals surface area (Å²) in [4.78, 5) is 25.0. The second-order valence-corrected chi connectivity index (χ2v) is 6.35. The lowest BCUT2D eigenvalue weighted by atomic mass is 10.1. The van der Waals surface area contributed by atoms with Crippen molar-refractivity contribution in [3.63, 3.8) is 0 Å². The molecule has 0 unspecified atom stereocenters. The van der Waals surface area contributed by atoms with Crippen LogP contribution in [0.3, 0.4) is 0 Å². The van der Waals surface area contributed by atoms with E-state index in [1.54, 1.807) is 50.6 Å². The number of hydrogen-bond donors (Lipinski definition) is 2. The second kappa shape index (κ2) is 11.1. The third-order valence-corrected chi connectivity index (χ3v) is 4.35. The highest BCUT2D eigenvalue weighted by Crippen LogP contribution is 2.29. The first kappa shape index (κ1) is 22.2. The molecule has 7 heteroatoms. The van der Waals surface area contributed by atoms with Gasteiger partial charge in [0.2, 0.25) is 0 Å². The number of anilines is 1. The van der Waals surface area contributed by atoms with Crippen LogP contribution < -0.4 is 20.1 Å². The van der Waals surface area contributed by atoms with Crippen LogP contribution in [0.15, 0.2) is 36.4 Å². The molecule has 0 spiro atoms. The minimum absolute atomic E-state index is 0.198. The highest BCUT2D eigenvalue weighted by Gasteiger charge is 2.14. The zero-order valence-electron chi connectivity index (χ0n) is 17.3. The summed E-state index contributed by atoms with van der Waals surface area (Å²) in [5.41, 5.74) is 2.21. The van der Waals surface area contributed by atoms with Crippen molar-refractivity contribution >= 4 is 17.5 Å². The number of carbonyl (C=O) groups excluding carboxylic acids is 2. The summed E-state index contributed by atoms with van der Waals surface area (Å²) in [6.45, 7) is 5.58. The quantitative estimate of drug-likeness (QED) is 0.597. The average Bonchev–Trinajstić information content (AvgIpc) is 2.73. The highest BCUT2D eigenvalue weighted by atomic mass is 16.5. The normalized spacial score (nSPS) is 10.3. The van der Waals surface area contributed by atoms with Crippen LogP contribution in [-0.2, 0) is 4.74 Å². The van der Waals surface area contributed by atoms with Gasteiger partial charge in [-0.2, -0.15) is 0 Å². The van der Waals surface area contributed by atoms with Crippen LogP contribution in [0.2, 0.25) is 0 Å². The van der Waals surface area contributed by atoms with Crippen molar-refractivity contribution in [1.29, 1.82) is 0 Å². The van der Waals surface area contributed by atoms with Gasteiger partial charge in [0, 0.05) is 42.1 Å². The highest BCUT2D eigenvalue weighted by molar-refractivity contribution is 6.05. The minimum Gasteiger partial charge on any atom is -0.496 e. The zero-order chi connectivity index (χ0) is 21.2. The standard InChI is InChI=1S/C22H28N2O5/c1-5-29-11-7-10-23-21(25)16-8-6-9-18(12-16)24-22(26)17-13-19(27-3)15(2)20(14-17)28-4/h6,8-9,12-14H,5,7,10-11H2,1-4H3,(H,23,25)(H,24,26). The summed E-state index contributed by atoms with van der Waals surface area (Å²) in [7, 11) is 3.08. The van der Waals surface area contributed by atoms with Gasteiger partial charge in [0.15, 0.2) is 0 Å². The van der Waals surface area contributed by atoms with E-state index in [0.717, 1.165) is 12.0 Å². The van der Waals surface area contributed by atoms with E-state index >= 15 is 0 Å². The summed E-state index contributed by atoms with van der Waals surface area (Å²) in [5.74, 6) is 0.608. The average molecular weight is 400 g/mol. The molecule has 0 bridgehead atoms. The van der Waals surface area contributed by atoms with Crippen molar-refractivity contribution in [1.82, 2.24) is 5.32 Å². The molecule has 2 rings (SSSR count). The maximum atomic E-state index is 12.7. The Morgan fingerprint density at radius 2 is 1.66 bits per heavy atom. The van der Waals surface area contributed by atoms with Gasteiger partial charge in [0.1, 0.15) is 11.5 Å². The largest absolute Gasteiger partial charge is 0.496 e. The second-order valence-electron chi connectivity index (χ2n) is 6.35. The minimum atomic E-state index is -0.323. The number of rotatable bonds is 10. The maximum absolute atomic E-state index is 12.7. The van der Waals surface area contributed by atoms with Gasteiger partial charge in [-0.05, 0) is 50.6 Å². The van der Waals surface area contributed by atoms with Gasteiger partial charge in [-0.3, -0.25) is 9.59 Å². The summed E-state index contributed by atoms with van der Waals surface area (Å²) < 4.78 is 15.9. The fraction of sp³-hybridized carbons (Fsp3) is 0.364. The van der Waals surface area contributed by atoms with E-state index in [4.69, 9.17) is 14.2 Å². The Hall–Kier alpha value is -3.06. The van der Waals surface area contributed by atoms with Crippen LogP contribution in [0.1, 0.15) is 39.6 Å². The Morgan fingerprint density at radius 1 is 0.966 bits per heavy atom. The van der Waals surface area contributed by atoms with E-state index in [1.165, 1.54) is 0 Å². The van der Waals surface area contributed by atoms with E-state index in [-0.39, 0.29) is 11.8 Å². The van der Waals surface area contributed by atoms with Gasteiger partial charge in [0.05, 0.1) is 14.2 Å². The maximum Gasteiger partial charge on any atom is 0.255 e. The Labute approximate surface area is 171 Å². The number of amides is 2. The van der Waals surface area contributed by atoms with Crippen LogP contribution >= 0.6 is 0 Å². The fourth-order valence-electron chi connectivity index (χ4n) is 2.78. The van der Waals surface area contributed by atoms with Crippen molar-refractivity contribution in [2.75, 3.05) is 39.3 Å². The smallest absolute Gasteiger partial charge is 0.255 e. The molecule has 2 amide bonds. The summed E-state index contributed by atoms with van der Waals surface area (Å²) >= 11 is 0. The van der Waals surface area contributed by atoms with Crippen molar-refractivity contribution in [2.45, 2.75) is 20.3 Å². The molecule has 2 N–H and O–H groups in total. The Bertz CT molecular complexity index is 826. The first-order chi connectivity index (χ1) is 14.0. The van der Waals surface area contributed by atoms with Crippen LogP contribution in [0.25, 0.3) is 0 Å². The molecule has 7 nitrogen and oxygen atoms in total. The van der Waals surface area contributed by atoms with Crippen molar-refractivity contribution in [2.24, 2.45) is 0 Å². The lowest BCUT2D eigenvalue weighted by Gasteiger charge is -2.13. The molecular formula is C22H28N2O5. The van der Waals surface area contributed by atoms with Gasteiger partial charge < -0.3 is 24.8 Å². The molecule has 0 saturated carbocycles. The lowest BCUT2D eigenvalue weighted by molar-refractivity contribution is 0.0943. The molecule has 0 aliphatic heterocycles. The number of hydrogen-bond acceptors (Lipinski definition) is 5. The molecule has 0 saturated heterocycles. The number of benzene rings is 2. The molecule has 2 aromatic carbocycles. The first-order valence-corrected chi connectivity index (χ1v) is 9.50. The molecule has 0 heterocycles. The summed E-state index contributed by atoms with van der Waals surface area (Å²) in [6.07, 6.45) is 0.743. The van der Waals surface area contributed by atoms with Gasteiger partial charge in [-0.25, -0.2) is 0 Å². The molecule has 156 valence electrons. The fourth-order valence-corrected chi connectivity index (χ4v) is 2.78. The van der Waals surface area contributed by atoms with E-state index in [2.05, 4.69) is 10.6 Å². The molecule has 0 radical (unpaired) electrons. The van der Waals surface area contributed by atoms with Crippen molar-refractivity contribution < 1.29 is 23.8 Å². The Kier molecular flexibility index (Phi) is 8.48. The monoisotopic (exact) mass is 400 g/mol. The van der Waals surface area contributed by atoms with Gasteiger partial charge in [-0.15, -0.1) is 0 Å². The molecule has 0 aliphatic rings. The topological polar surface area (TPSA) is 85.9 Å². The third-order valence-electron chi connectivity index (χ3n) is 4.35. The Morgan fingerprint density at radius 3 is 2.28 bits per heavy atom. The van der Waals surface area contributed by atoms with Gasteiger partial charge >= 0.3 is 0 Å². The number of ether oxygens (including phenoxy) is 3. The van der Waals surface area contributed by atoms with E-state index < -0.39 is 0 Å². The zero-order valence-corrected chi connectivity index (χ0v) is 17.3. The molecule has 0 atom stereocenters. The van der Waals surface area contributed by atoms with Crippen LogP contribution in [0.4, 0.5) is 5.69 Å². The number of methoxy groups -OCH3 is 2. The lowest BCUT2D eigenvalue weighted by Crippen LogP contribution is -2.25. The summed E-state index contributed by atoms with van der Waals surface area (Å²) in [5, 5.41) is 5.65. The van der Waals surface area contributed by atoms with E-state index in [1.807, 2.05) is 13.8 Å². The van der Waals surface area contributed by atoms with Gasteiger partial charge in [0.25, 0.3) is 11.8 Å². The molecular weight excluding hydrogens is 372 g/mol. The first-order valence-electron chi connectivity index (χ1n) is 9.50. The molecule has 0 aliphatic carbocycles. The molecule has 0 fully saturated rings. The van der Waals surface area contributed by atoms with Crippen LogP contribution in [-0.4, -0.2) is 45.8 Å². The number of carbonyl (C=O) groups is 2. The van der Waals surface area contributed by atoms with Crippen molar-refractivity contribution in [3.8, 4) is 11.5 Å². The van der Waals surface area contributed by atoms with Crippen molar-refractivity contribution in [3.05, 3.63) is 53.1 Å². The third kappa shape index (κ3) is 6.22. The van der Waals surface area contributed by atoms with Crippen LogP contribution in [0.5, 0.6) is 11.5 Å². The van der Waals surface area contributed by atoms with Crippen LogP contribution in [0, 0.1) is 6.92 Å². The predicted octanol–water partition coefficient (Wildman–Crippen LogP) is 3.42. The molecule has 2 aromatic rings. The van der Waals surface area contributed by atoms with E-state index in [0.29, 0.717) is 48.1 Å². The SMILES string of the molecule is CCOCCCNC(=O)c1cccc(NC(=O)c2cc(OC)c(C)c(OC)c2)c1. The number of nitrogens with one attached hydrogen (secondary N) is 2. The van der Waals surface area contributed by atoms with Gasteiger partial charge in [-0.1, -0.05) is 6.07 Å². The molecule has 29 heavy (non-hydrogen) atoms. The predicted molar refractivity (Wildman–Crippen MR) is 112 cm³/mol.